The zero-order chi connectivity index (χ0) is 18.7. The highest BCUT2D eigenvalue weighted by Gasteiger charge is 2.44. The van der Waals surface area contributed by atoms with Gasteiger partial charge >= 0.3 is 0 Å². The second-order valence-corrected chi connectivity index (χ2v) is 6.98. The molecule has 1 aromatic carbocycles. The van der Waals surface area contributed by atoms with Crippen molar-refractivity contribution in [2.24, 2.45) is 0 Å². The van der Waals surface area contributed by atoms with Crippen molar-refractivity contribution in [3.8, 4) is 5.75 Å². The molecule has 0 aliphatic carbocycles. The molecule has 1 aliphatic heterocycles. The van der Waals surface area contributed by atoms with E-state index in [1.807, 2.05) is 17.5 Å². The average Bonchev–Trinajstić information content (AvgIpc) is 3.09. The maximum absolute atomic E-state index is 10.1. The molecule has 1 fully saturated rings. The lowest BCUT2D eigenvalue weighted by Crippen LogP contribution is -2.60. The molecule has 138 valence electrons. The molecular weight excluding hydrogens is 358 g/mol. The summed E-state index contributed by atoms with van der Waals surface area (Å²) in [5.41, 5.74) is 1.57. The topological polar surface area (TPSA) is 104 Å². The maximum Gasteiger partial charge on any atom is 0.229 e. The van der Waals surface area contributed by atoms with Gasteiger partial charge in [0.2, 0.25) is 6.29 Å². The predicted molar refractivity (Wildman–Crippen MR) is 94.2 cm³/mol. The molecule has 1 aliphatic rings. The number of thiophene rings is 1. The van der Waals surface area contributed by atoms with E-state index in [9.17, 15) is 20.4 Å². The van der Waals surface area contributed by atoms with Gasteiger partial charge in [0.05, 0.1) is 18.1 Å². The average molecular weight is 377 g/mol. The van der Waals surface area contributed by atoms with Crippen molar-refractivity contribution in [3.05, 3.63) is 57.6 Å². The van der Waals surface area contributed by atoms with Crippen LogP contribution in [-0.2, 0) is 11.2 Å². The van der Waals surface area contributed by atoms with Gasteiger partial charge in [0, 0.05) is 6.42 Å². The van der Waals surface area contributed by atoms with Crippen molar-refractivity contribution in [1.82, 2.24) is 0 Å². The molecule has 0 bridgehead atoms. The Labute approximate surface area is 154 Å². The number of ether oxygens (including phenoxy) is 2. The number of aliphatic hydroxyl groups is 4. The molecule has 5 unspecified atom stereocenters. The summed E-state index contributed by atoms with van der Waals surface area (Å²) >= 11 is 1.47. The van der Waals surface area contributed by atoms with E-state index in [0.29, 0.717) is 17.9 Å². The Morgan fingerprint density at radius 2 is 1.81 bits per heavy atom. The Hall–Kier alpha value is -1.99. The van der Waals surface area contributed by atoms with Gasteiger partial charge in [-0.2, -0.15) is 0 Å². The summed E-state index contributed by atoms with van der Waals surface area (Å²) < 4.78 is 11.1. The van der Waals surface area contributed by atoms with Crippen LogP contribution in [0.2, 0.25) is 0 Å². The van der Waals surface area contributed by atoms with E-state index in [-0.39, 0.29) is 0 Å². The Morgan fingerprint density at radius 3 is 2.46 bits per heavy atom. The summed E-state index contributed by atoms with van der Waals surface area (Å²) in [6, 6.07) is 8.95. The van der Waals surface area contributed by atoms with Gasteiger partial charge in [0.1, 0.15) is 30.2 Å². The molecule has 1 saturated heterocycles. The normalized spacial score (nSPS) is 28.5. The number of hydrogen-bond donors (Lipinski definition) is 4. The fraction of sp³-hybridized carbons (Fsp3) is 0.389. The van der Waals surface area contributed by atoms with Crippen LogP contribution in [0.3, 0.4) is 0 Å². The van der Waals surface area contributed by atoms with Gasteiger partial charge in [0.25, 0.3) is 0 Å². The minimum Gasteiger partial charge on any atom is -0.461 e. The summed E-state index contributed by atoms with van der Waals surface area (Å²) in [7, 11) is 0. The number of nitrogens with zero attached hydrogens (tertiary/aromatic N) is 1. The van der Waals surface area contributed by atoms with Crippen molar-refractivity contribution < 1.29 is 29.9 Å². The van der Waals surface area contributed by atoms with Gasteiger partial charge in [-0.25, -0.2) is 4.85 Å². The second-order valence-electron chi connectivity index (χ2n) is 5.98. The molecule has 5 atom stereocenters. The van der Waals surface area contributed by atoms with E-state index < -0.39 is 37.3 Å². The largest absolute Gasteiger partial charge is 0.461 e. The van der Waals surface area contributed by atoms with Crippen LogP contribution in [0.25, 0.3) is 4.85 Å². The lowest BCUT2D eigenvalue weighted by Gasteiger charge is -2.39. The van der Waals surface area contributed by atoms with Gasteiger partial charge in [-0.3, -0.25) is 0 Å². The standard InChI is InChI=1S/C18H19NO6S/c1-19-11-4-2-10(3-5-11)8-14-12(6-7-26-14)24-18-17(23)16(22)15(21)13(9-20)25-18/h2-7,13,15-18,20-23H,8-9H2. The number of hydrogen-bond acceptors (Lipinski definition) is 7. The number of aliphatic hydroxyl groups excluding tert-OH is 4. The zero-order valence-corrected chi connectivity index (χ0v) is 14.5. The van der Waals surface area contributed by atoms with Crippen LogP contribution in [0.15, 0.2) is 35.7 Å². The molecule has 7 nitrogen and oxygen atoms in total. The number of rotatable bonds is 5. The summed E-state index contributed by atoms with van der Waals surface area (Å²) in [6.45, 7) is 6.48. The smallest absolute Gasteiger partial charge is 0.229 e. The highest BCUT2D eigenvalue weighted by Crippen LogP contribution is 2.31. The SMILES string of the molecule is [C-]#[N+]c1ccc(Cc2sccc2OC2OC(CO)C(O)C(O)C2O)cc1. The maximum atomic E-state index is 10.1. The van der Waals surface area contributed by atoms with Crippen molar-refractivity contribution in [3.63, 3.8) is 0 Å². The van der Waals surface area contributed by atoms with E-state index >= 15 is 0 Å². The Bertz CT molecular complexity index is 769. The third kappa shape index (κ3) is 3.88. The van der Waals surface area contributed by atoms with Crippen LogP contribution < -0.4 is 4.74 Å². The van der Waals surface area contributed by atoms with Gasteiger partial charge in [-0.05, 0) is 17.0 Å². The summed E-state index contributed by atoms with van der Waals surface area (Å²) in [5.74, 6) is 0.494. The third-order valence-electron chi connectivity index (χ3n) is 4.23. The van der Waals surface area contributed by atoms with E-state index in [1.54, 1.807) is 18.2 Å². The highest BCUT2D eigenvalue weighted by molar-refractivity contribution is 7.10. The molecule has 0 saturated carbocycles. The summed E-state index contributed by atoms with van der Waals surface area (Å²) in [6.07, 6.45) is -5.99. The van der Waals surface area contributed by atoms with Crippen LogP contribution in [0.4, 0.5) is 5.69 Å². The fourth-order valence-corrected chi connectivity index (χ4v) is 3.56. The van der Waals surface area contributed by atoms with Gasteiger partial charge in [-0.1, -0.05) is 24.3 Å². The first-order valence-corrected chi connectivity index (χ1v) is 8.91. The third-order valence-corrected chi connectivity index (χ3v) is 5.13. The van der Waals surface area contributed by atoms with Gasteiger partial charge in [0.15, 0.2) is 5.69 Å². The lowest BCUT2D eigenvalue weighted by molar-refractivity contribution is -0.277. The fourth-order valence-electron chi connectivity index (χ4n) is 2.73. The first-order chi connectivity index (χ1) is 12.5. The quantitative estimate of drug-likeness (QED) is 0.581. The highest BCUT2D eigenvalue weighted by atomic mass is 32.1. The minimum absolute atomic E-state index is 0.494. The molecule has 1 aromatic heterocycles. The Balaban J connectivity index is 1.73. The van der Waals surface area contributed by atoms with Crippen LogP contribution in [0.5, 0.6) is 5.75 Å². The van der Waals surface area contributed by atoms with Gasteiger partial charge < -0.3 is 29.9 Å². The van der Waals surface area contributed by atoms with Crippen LogP contribution in [-0.4, -0.2) is 57.7 Å². The Morgan fingerprint density at radius 1 is 1.08 bits per heavy atom. The summed E-state index contributed by atoms with van der Waals surface area (Å²) in [5, 5.41) is 40.9. The molecule has 0 amide bonds. The molecule has 8 heteroatoms. The molecule has 0 spiro atoms. The van der Waals surface area contributed by atoms with E-state index in [1.165, 1.54) is 11.3 Å². The lowest BCUT2D eigenvalue weighted by atomic mass is 9.99. The number of benzene rings is 1. The first-order valence-electron chi connectivity index (χ1n) is 8.03. The molecular formula is C18H19NO6S. The van der Waals surface area contributed by atoms with E-state index in [2.05, 4.69) is 4.85 Å². The second kappa shape index (κ2) is 8.14. The van der Waals surface area contributed by atoms with Crippen LogP contribution in [0, 0.1) is 6.57 Å². The molecule has 2 heterocycles. The molecule has 0 radical (unpaired) electrons. The molecule has 2 aromatic rings. The molecule has 26 heavy (non-hydrogen) atoms. The zero-order valence-electron chi connectivity index (χ0n) is 13.7. The van der Waals surface area contributed by atoms with Crippen molar-refractivity contribution >= 4 is 17.0 Å². The van der Waals surface area contributed by atoms with Crippen LogP contribution >= 0.6 is 11.3 Å². The van der Waals surface area contributed by atoms with Crippen molar-refractivity contribution in [2.45, 2.75) is 37.1 Å². The van der Waals surface area contributed by atoms with Crippen molar-refractivity contribution in [1.29, 1.82) is 0 Å². The van der Waals surface area contributed by atoms with E-state index in [0.717, 1.165) is 10.4 Å². The summed E-state index contributed by atoms with van der Waals surface area (Å²) in [4.78, 5) is 4.25. The first kappa shape index (κ1) is 18.8. The minimum atomic E-state index is -1.48. The van der Waals surface area contributed by atoms with Crippen LogP contribution in [0.1, 0.15) is 10.4 Å². The predicted octanol–water partition coefficient (Wildman–Crippen LogP) is 1.07. The molecule has 4 N–H and O–H groups in total. The van der Waals surface area contributed by atoms with E-state index in [4.69, 9.17) is 16.0 Å². The monoisotopic (exact) mass is 377 g/mol. The Kier molecular flexibility index (Phi) is 5.88. The van der Waals surface area contributed by atoms with Gasteiger partial charge in [-0.15, -0.1) is 11.3 Å². The van der Waals surface area contributed by atoms with Crippen molar-refractivity contribution in [2.75, 3.05) is 6.61 Å². The molecule has 3 rings (SSSR count).